The molecule has 0 fully saturated rings. The fraction of sp³-hybridized carbons (Fsp3) is 0.370. The Bertz CT molecular complexity index is 1410. The van der Waals surface area contributed by atoms with Crippen molar-refractivity contribution in [1.82, 2.24) is 15.0 Å². The van der Waals surface area contributed by atoms with Crippen molar-refractivity contribution in [3.8, 4) is 21.0 Å². The van der Waals surface area contributed by atoms with Crippen molar-refractivity contribution in [3.63, 3.8) is 0 Å². The molecule has 10 nitrogen and oxygen atoms in total. The molecule has 0 radical (unpaired) electrons. The lowest BCUT2D eigenvalue weighted by Gasteiger charge is -2.22. The average Bonchev–Trinajstić information content (AvgIpc) is 3.31. The van der Waals surface area contributed by atoms with Crippen LogP contribution in [-0.4, -0.2) is 43.8 Å². The van der Waals surface area contributed by atoms with Crippen LogP contribution in [0.25, 0.3) is 21.0 Å². The van der Waals surface area contributed by atoms with Gasteiger partial charge in [-0.05, 0) is 77.4 Å². The van der Waals surface area contributed by atoms with Gasteiger partial charge in [-0.1, -0.05) is 12.1 Å². The first-order valence-electron chi connectivity index (χ1n) is 12.4. The van der Waals surface area contributed by atoms with E-state index in [1.807, 2.05) is 12.1 Å². The summed E-state index contributed by atoms with van der Waals surface area (Å²) in [6.45, 7) is 10.9. The molecular formula is C27H34N4O6S2. The van der Waals surface area contributed by atoms with Crippen LogP contribution in [0, 0.1) is 0 Å². The molecule has 2 amide bonds. The maximum atomic E-state index is 13.4. The monoisotopic (exact) mass is 574 g/mol. The van der Waals surface area contributed by atoms with Crippen molar-refractivity contribution in [3.05, 3.63) is 54.2 Å². The fourth-order valence-corrected chi connectivity index (χ4v) is 6.22. The second kappa shape index (κ2) is 12.6. The summed E-state index contributed by atoms with van der Waals surface area (Å²) in [5.41, 5.74) is 1.78. The van der Waals surface area contributed by atoms with Crippen LogP contribution >= 0.6 is 11.3 Å². The molecule has 2 aromatic carbocycles. The zero-order valence-electron chi connectivity index (χ0n) is 22.8. The average molecular weight is 575 g/mol. The van der Waals surface area contributed by atoms with Crippen LogP contribution in [-0.2, 0) is 26.0 Å². The molecule has 3 rings (SSSR count). The minimum absolute atomic E-state index is 0.0824. The molecule has 0 saturated carbocycles. The van der Waals surface area contributed by atoms with Crippen LogP contribution < -0.4 is 15.4 Å². The predicted molar refractivity (Wildman–Crippen MR) is 152 cm³/mol. The second-order valence-corrected chi connectivity index (χ2v) is 12.6. The standard InChI is InChI=1S/C27H34N4O6S2/c1-7-36-25(32)29-15-18-8-13-21(23(14-18)39(34,35)31-27(4,5)6)22-16-28-24(38-22)19-9-11-20(12-10-19)30-26(33)37-17(2)3/h8-14,16-17,31H,7,15H2,1-6H3,(H,29,32)(H,30,33). The highest BCUT2D eigenvalue weighted by Crippen LogP contribution is 2.36. The molecule has 1 heterocycles. The van der Waals surface area contributed by atoms with E-state index in [9.17, 15) is 18.0 Å². The third-order valence-electron chi connectivity index (χ3n) is 4.98. The first-order chi connectivity index (χ1) is 18.3. The zero-order chi connectivity index (χ0) is 28.8. The first kappa shape index (κ1) is 30.1. The quantitative estimate of drug-likeness (QED) is 0.296. The smallest absolute Gasteiger partial charge is 0.411 e. The van der Waals surface area contributed by atoms with Crippen LogP contribution in [0.1, 0.15) is 47.1 Å². The second-order valence-electron chi connectivity index (χ2n) is 9.95. The van der Waals surface area contributed by atoms with E-state index in [4.69, 9.17) is 9.47 Å². The number of amides is 2. The number of hydrogen-bond acceptors (Lipinski definition) is 8. The highest BCUT2D eigenvalue weighted by molar-refractivity contribution is 7.89. The molecule has 12 heteroatoms. The number of benzene rings is 2. The lowest BCUT2D eigenvalue weighted by Crippen LogP contribution is -2.40. The topological polar surface area (TPSA) is 136 Å². The van der Waals surface area contributed by atoms with Gasteiger partial charge in [-0.15, -0.1) is 11.3 Å². The molecule has 0 aliphatic carbocycles. The molecule has 0 spiro atoms. The van der Waals surface area contributed by atoms with Crippen molar-refractivity contribution in [2.24, 2.45) is 0 Å². The van der Waals surface area contributed by atoms with E-state index in [2.05, 4.69) is 20.3 Å². The Kier molecular flexibility index (Phi) is 9.70. The van der Waals surface area contributed by atoms with Crippen molar-refractivity contribution in [1.29, 1.82) is 0 Å². The van der Waals surface area contributed by atoms with E-state index in [0.717, 1.165) is 5.56 Å². The van der Waals surface area contributed by atoms with Gasteiger partial charge in [0.15, 0.2) is 0 Å². The summed E-state index contributed by atoms with van der Waals surface area (Å²) in [5.74, 6) is 0. The predicted octanol–water partition coefficient (Wildman–Crippen LogP) is 5.76. The maximum absolute atomic E-state index is 13.4. The van der Waals surface area contributed by atoms with Gasteiger partial charge in [0.1, 0.15) is 5.01 Å². The number of anilines is 1. The number of nitrogens with zero attached hydrogens (tertiary/aromatic N) is 1. The van der Waals surface area contributed by atoms with Gasteiger partial charge in [0.05, 0.1) is 22.5 Å². The molecule has 3 N–H and O–H groups in total. The number of aromatic nitrogens is 1. The summed E-state index contributed by atoms with van der Waals surface area (Å²) in [5, 5.41) is 5.97. The van der Waals surface area contributed by atoms with E-state index in [0.29, 0.717) is 26.7 Å². The number of alkyl carbamates (subject to hydrolysis) is 1. The molecule has 210 valence electrons. The van der Waals surface area contributed by atoms with E-state index >= 15 is 0 Å². The van der Waals surface area contributed by atoms with Crippen molar-refractivity contribution >= 4 is 39.2 Å². The van der Waals surface area contributed by atoms with Crippen molar-refractivity contribution in [2.45, 2.75) is 64.6 Å². The summed E-state index contributed by atoms with van der Waals surface area (Å²) in [7, 11) is -3.92. The maximum Gasteiger partial charge on any atom is 0.411 e. The summed E-state index contributed by atoms with van der Waals surface area (Å²) in [6, 6.07) is 12.1. The number of thiazole rings is 1. The van der Waals surface area contributed by atoms with Gasteiger partial charge in [-0.2, -0.15) is 0 Å². The van der Waals surface area contributed by atoms with Gasteiger partial charge in [0, 0.05) is 35.1 Å². The number of ether oxygens (including phenoxy) is 2. The Morgan fingerprint density at radius 3 is 2.36 bits per heavy atom. The molecule has 39 heavy (non-hydrogen) atoms. The third-order valence-corrected chi connectivity index (χ3v) is 7.86. The van der Waals surface area contributed by atoms with E-state index < -0.39 is 27.7 Å². The molecule has 1 aromatic heterocycles. The van der Waals surface area contributed by atoms with Gasteiger partial charge in [0.25, 0.3) is 0 Å². The lowest BCUT2D eigenvalue weighted by atomic mass is 10.1. The van der Waals surface area contributed by atoms with Gasteiger partial charge >= 0.3 is 12.2 Å². The van der Waals surface area contributed by atoms with Crippen molar-refractivity contribution < 1.29 is 27.5 Å². The Hall–Kier alpha value is -3.48. The molecule has 0 aliphatic heterocycles. The summed E-state index contributed by atoms with van der Waals surface area (Å²) in [6.07, 6.45) is 0.290. The highest BCUT2D eigenvalue weighted by atomic mass is 32.2. The Labute approximate surface area is 233 Å². The van der Waals surface area contributed by atoms with Crippen LogP contribution in [0.3, 0.4) is 0 Å². The summed E-state index contributed by atoms with van der Waals surface area (Å²) >= 11 is 1.34. The number of carbonyl (C=O) groups excluding carboxylic acids is 2. The Morgan fingerprint density at radius 1 is 1.05 bits per heavy atom. The normalized spacial score (nSPS) is 11.8. The minimum Gasteiger partial charge on any atom is -0.450 e. The van der Waals surface area contributed by atoms with E-state index in [1.54, 1.807) is 78.1 Å². The summed E-state index contributed by atoms with van der Waals surface area (Å²) < 4.78 is 39.5. The molecule has 3 aromatic rings. The molecular weight excluding hydrogens is 540 g/mol. The zero-order valence-corrected chi connectivity index (χ0v) is 24.5. The van der Waals surface area contributed by atoms with E-state index in [-0.39, 0.29) is 24.2 Å². The van der Waals surface area contributed by atoms with E-state index in [1.165, 1.54) is 11.3 Å². The van der Waals surface area contributed by atoms with Crippen LogP contribution in [0.15, 0.2) is 53.6 Å². The lowest BCUT2D eigenvalue weighted by molar-refractivity contribution is 0.130. The number of sulfonamides is 1. The molecule has 0 aliphatic rings. The molecule has 0 unspecified atom stereocenters. The number of hydrogen-bond donors (Lipinski definition) is 3. The van der Waals surface area contributed by atoms with Crippen LogP contribution in [0.4, 0.5) is 15.3 Å². The molecule has 0 bridgehead atoms. The van der Waals surface area contributed by atoms with Gasteiger partial charge in [0.2, 0.25) is 10.0 Å². The number of rotatable bonds is 9. The highest BCUT2D eigenvalue weighted by Gasteiger charge is 2.26. The summed E-state index contributed by atoms with van der Waals surface area (Å²) in [4.78, 5) is 28.8. The molecule has 0 saturated heterocycles. The molecule has 0 atom stereocenters. The van der Waals surface area contributed by atoms with Gasteiger partial charge in [-0.25, -0.2) is 27.7 Å². The van der Waals surface area contributed by atoms with Crippen molar-refractivity contribution in [2.75, 3.05) is 11.9 Å². The van der Waals surface area contributed by atoms with Gasteiger partial charge < -0.3 is 14.8 Å². The Balaban J connectivity index is 1.91. The fourth-order valence-electron chi connectivity index (χ4n) is 3.51. The number of nitrogens with one attached hydrogen (secondary N) is 3. The number of carbonyl (C=O) groups is 2. The largest absolute Gasteiger partial charge is 0.450 e. The SMILES string of the molecule is CCOC(=O)NCc1ccc(-c2cnc(-c3ccc(NC(=O)OC(C)C)cc3)s2)c(S(=O)(=O)NC(C)(C)C)c1. The first-order valence-corrected chi connectivity index (χ1v) is 14.7. The minimum atomic E-state index is -3.92. The van der Waals surface area contributed by atoms with Gasteiger partial charge in [-0.3, -0.25) is 5.32 Å². The Morgan fingerprint density at radius 2 is 1.74 bits per heavy atom. The van der Waals surface area contributed by atoms with Crippen LogP contribution in [0.5, 0.6) is 0 Å². The third kappa shape index (κ3) is 8.77. The van der Waals surface area contributed by atoms with Crippen LogP contribution in [0.2, 0.25) is 0 Å².